The van der Waals surface area contributed by atoms with Gasteiger partial charge < -0.3 is 0 Å². The zero-order valence-corrected chi connectivity index (χ0v) is 7.36. The molecule has 0 rings (SSSR count). The average molecular weight is 217 g/mol. The Labute approximate surface area is 63.4 Å². The van der Waals surface area contributed by atoms with Gasteiger partial charge in [-0.1, -0.05) is 0 Å². The van der Waals surface area contributed by atoms with Gasteiger partial charge in [0.2, 0.25) is 0 Å². The molecule has 56 valence electrons. The van der Waals surface area contributed by atoms with Crippen molar-refractivity contribution >= 4 is 0 Å². The Morgan fingerprint density at radius 3 is 1.56 bits per heavy atom. The van der Waals surface area contributed by atoms with Crippen LogP contribution in [0.2, 0.25) is 0 Å². The van der Waals surface area contributed by atoms with Crippen molar-refractivity contribution in [3.05, 3.63) is 0 Å². The Morgan fingerprint density at radius 1 is 1.22 bits per heavy atom. The Bertz CT molecular complexity index is 70.2. The first-order valence-corrected chi connectivity index (χ1v) is 4.35. The second-order valence-electron chi connectivity index (χ2n) is 1.71. The maximum atomic E-state index is 8.82. The van der Waals surface area contributed by atoms with E-state index in [4.69, 9.17) is 14.0 Å². The van der Waals surface area contributed by atoms with Crippen molar-refractivity contribution in [3.8, 4) is 0 Å². The summed E-state index contributed by atoms with van der Waals surface area (Å²) >= 11 is -1.36. The van der Waals surface area contributed by atoms with E-state index in [9.17, 15) is 0 Å². The van der Waals surface area contributed by atoms with Gasteiger partial charge in [0.1, 0.15) is 0 Å². The summed E-state index contributed by atoms with van der Waals surface area (Å²) < 4.78 is 9.86. The third-order valence-corrected chi connectivity index (χ3v) is 2.79. The number of hydrogen-bond acceptors (Lipinski definition) is 4. The van der Waals surface area contributed by atoms with Gasteiger partial charge in [-0.2, -0.15) is 0 Å². The van der Waals surface area contributed by atoms with Crippen molar-refractivity contribution in [2.75, 3.05) is 0 Å². The fraction of sp³-hybridized carbons (Fsp3) is 1.00. The fourth-order valence-corrected chi connectivity index (χ4v) is 1.12. The van der Waals surface area contributed by atoms with Crippen LogP contribution in [0.5, 0.6) is 0 Å². The first-order valence-electron chi connectivity index (χ1n) is 2.55. The Morgan fingerprint density at radius 2 is 1.56 bits per heavy atom. The standard InChI is InChI=1S/C4H10NO2.Mo.H2O/c1-3(6)5-4(2)7;;/h3-4,6-7H,1-2H3;;1H2/q-1;+2;/p-1. The van der Waals surface area contributed by atoms with E-state index in [0.717, 1.165) is 0 Å². The molecule has 3 N–H and O–H groups in total. The Kier molecular flexibility index (Phi) is 4.62. The molecule has 0 aliphatic carbocycles. The molecule has 9 heavy (non-hydrogen) atoms. The average Bonchev–Trinajstić information content (AvgIpc) is 1.64. The van der Waals surface area contributed by atoms with Crippen LogP contribution in [0, 0.1) is 0 Å². The van der Waals surface area contributed by atoms with Crippen LogP contribution in [0.15, 0.2) is 0 Å². The van der Waals surface area contributed by atoms with Gasteiger partial charge in [-0.25, -0.2) is 0 Å². The fourth-order valence-electron chi connectivity index (χ4n) is 0.449. The molecule has 5 heteroatoms. The van der Waals surface area contributed by atoms with Crippen molar-refractivity contribution < 1.29 is 33.2 Å². The minimum absolute atomic E-state index is 0.752. The van der Waals surface area contributed by atoms with E-state index in [1.165, 1.54) is 17.3 Å². The molecule has 0 bridgehead atoms. The van der Waals surface area contributed by atoms with Crippen LogP contribution in [0.1, 0.15) is 13.8 Å². The summed E-state index contributed by atoms with van der Waals surface area (Å²) in [6, 6.07) is 0. The van der Waals surface area contributed by atoms with E-state index < -0.39 is 31.6 Å². The maximum absolute atomic E-state index is 8.82. The summed E-state index contributed by atoms with van der Waals surface area (Å²) in [7, 11) is 0. The third-order valence-electron chi connectivity index (χ3n) is 0.831. The molecule has 0 saturated carbocycles. The van der Waals surface area contributed by atoms with E-state index in [1.807, 2.05) is 0 Å². The van der Waals surface area contributed by atoms with E-state index in [-0.39, 0.29) is 0 Å². The molecule has 2 unspecified atom stereocenters. The van der Waals surface area contributed by atoms with Gasteiger partial charge >= 0.3 is 62.9 Å². The second-order valence-corrected chi connectivity index (χ2v) is 3.14. The van der Waals surface area contributed by atoms with E-state index in [1.54, 1.807) is 0 Å². The number of rotatable bonds is 3. The minimum atomic E-state index is -1.36. The molecule has 0 heterocycles. The summed E-state index contributed by atoms with van der Waals surface area (Å²) in [5, 5.41) is 17.6. The van der Waals surface area contributed by atoms with Crippen LogP contribution >= 0.6 is 0 Å². The molecule has 0 aliphatic heterocycles. The van der Waals surface area contributed by atoms with Gasteiger partial charge in [-0.05, 0) is 0 Å². The number of hydrogen-bond donors (Lipinski definition) is 3. The molecule has 0 spiro atoms. The summed E-state index contributed by atoms with van der Waals surface area (Å²) in [6.07, 6.45) is -1.50. The molecule has 0 fully saturated rings. The topological polar surface area (TPSA) is 63.9 Å². The predicted octanol–water partition coefficient (Wildman–Crippen LogP) is -1.13. The van der Waals surface area contributed by atoms with Crippen LogP contribution < -0.4 is 0 Å². The summed E-state index contributed by atoms with van der Waals surface area (Å²) in [4.78, 5) is 0. The zero-order valence-electron chi connectivity index (χ0n) is 5.35. The summed E-state index contributed by atoms with van der Waals surface area (Å²) in [5.74, 6) is 0. The third kappa shape index (κ3) is 3.28. The molecular weight excluding hydrogens is 206 g/mol. The van der Waals surface area contributed by atoms with Crippen LogP contribution in [-0.4, -0.2) is 29.9 Å². The quantitative estimate of drug-likeness (QED) is 0.413. The van der Waals surface area contributed by atoms with Gasteiger partial charge in [-0.3, -0.25) is 0 Å². The molecule has 0 saturated heterocycles. The molecule has 2 atom stereocenters. The Hall–Kier alpha value is 0.528. The van der Waals surface area contributed by atoms with Crippen LogP contribution in [0.4, 0.5) is 0 Å². The zero-order chi connectivity index (χ0) is 7.44. The SMILES string of the molecule is CC(O)[N]([Mo][OH])C(C)O. The molecule has 0 aromatic rings. The van der Waals surface area contributed by atoms with Gasteiger partial charge in [-0.15, -0.1) is 0 Å². The first-order chi connectivity index (χ1) is 4.09. The number of aliphatic hydroxyl groups is 2. The van der Waals surface area contributed by atoms with E-state index in [0.29, 0.717) is 0 Å². The summed E-state index contributed by atoms with van der Waals surface area (Å²) in [5.41, 5.74) is 0. The normalized spacial score (nSPS) is 18.0. The first kappa shape index (κ1) is 9.53. The van der Waals surface area contributed by atoms with Crippen molar-refractivity contribution in [2.45, 2.75) is 26.3 Å². The second kappa shape index (κ2) is 4.36. The molecule has 0 radical (unpaired) electrons. The molecule has 0 aliphatic rings. The van der Waals surface area contributed by atoms with Crippen molar-refractivity contribution in [1.29, 1.82) is 0 Å². The molecule has 4 nitrogen and oxygen atoms in total. The van der Waals surface area contributed by atoms with Gasteiger partial charge in [0.15, 0.2) is 0 Å². The monoisotopic (exact) mass is 219 g/mol. The van der Waals surface area contributed by atoms with Crippen molar-refractivity contribution in [3.63, 3.8) is 0 Å². The molecular formula is C4H11MoNO3. The van der Waals surface area contributed by atoms with Crippen LogP contribution in [0.25, 0.3) is 0 Å². The van der Waals surface area contributed by atoms with E-state index in [2.05, 4.69) is 0 Å². The predicted molar refractivity (Wildman–Crippen MR) is 27.4 cm³/mol. The van der Waals surface area contributed by atoms with Crippen LogP contribution in [-0.2, 0) is 19.2 Å². The van der Waals surface area contributed by atoms with Gasteiger partial charge in [0.05, 0.1) is 0 Å². The Balaban J connectivity index is 3.68. The van der Waals surface area contributed by atoms with Crippen molar-refractivity contribution in [2.24, 2.45) is 0 Å². The van der Waals surface area contributed by atoms with E-state index >= 15 is 0 Å². The van der Waals surface area contributed by atoms with Crippen LogP contribution in [0.3, 0.4) is 0 Å². The van der Waals surface area contributed by atoms with Crippen molar-refractivity contribution in [1.82, 2.24) is 3.46 Å². The molecule has 0 aromatic heterocycles. The number of aliphatic hydroxyl groups excluding tert-OH is 2. The number of nitrogens with zero attached hydrogens (tertiary/aromatic N) is 1. The van der Waals surface area contributed by atoms with Gasteiger partial charge in [0.25, 0.3) is 0 Å². The molecule has 0 aromatic carbocycles. The molecule has 0 amide bonds. The van der Waals surface area contributed by atoms with Gasteiger partial charge in [0, 0.05) is 0 Å². The summed E-state index contributed by atoms with van der Waals surface area (Å²) in [6.45, 7) is 3.02.